The predicted octanol–water partition coefficient (Wildman–Crippen LogP) is 3.69. The molecule has 0 radical (unpaired) electrons. The van der Waals surface area contributed by atoms with Crippen molar-refractivity contribution in [3.05, 3.63) is 35.9 Å². The lowest BCUT2D eigenvalue weighted by Crippen LogP contribution is -2.55. The number of benzene rings is 1. The van der Waals surface area contributed by atoms with Crippen LogP contribution in [0.2, 0.25) is 0 Å². The van der Waals surface area contributed by atoms with Crippen molar-refractivity contribution in [2.45, 2.75) is 51.6 Å². The molecule has 146 valence electrons. The van der Waals surface area contributed by atoms with Crippen LogP contribution in [0.15, 0.2) is 30.3 Å². The maximum absolute atomic E-state index is 13.3. The van der Waals surface area contributed by atoms with Crippen LogP contribution >= 0.6 is 0 Å². The highest BCUT2D eigenvalue weighted by atomic mass is 16.6. The maximum atomic E-state index is 13.3. The molecule has 2 unspecified atom stereocenters. The second-order valence-corrected chi connectivity index (χ2v) is 7.48. The minimum atomic E-state index is -0.642. The number of esters is 1. The summed E-state index contributed by atoms with van der Waals surface area (Å²) in [7, 11) is 1.37. The molecule has 0 bridgehead atoms. The number of piperidine rings is 1. The maximum Gasteiger partial charge on any atom is 0.416 e. The van der Waals surface area contributed by atoms with Crippen molar-refractivity contribution in [3.8, 4) is 0 Å². The second kappa shape index (κ2) is 8.55. The van der Waals surface area contributed by atoms with Gasteiger partial charge in [0, 0.05) is 13.0 Å². The van der Waals surface area contributed by atoms with Gasteiger partial charge in [-0.1, -0.05) is 43.2 Å². The largest absolute Gasteiger partial charge is 0.469 e. The summed E-state index contributed by atoms with van der Waals surface area (Å²) in [6, 6.07) is 9.40. The van der Waals surface area contributed by atoms with Gasteiger partial charge in [0.1, 0.15) is 6.61 Å². The number of carbonyl (C=O) groups excluding carboxylic acids is 3. The van der Waals surface area contributed by atoms with Crippen molar-refractivity contribution < 1.29 is 23.9 Å². The van der Waals surface area contributed by atoms with Crippen LogP contribution in [0.3, 0.4) is 0 Å². The fourth-order valence-corrected chi connectivity index (χ4v) is 4.51. The number of likely N-dealkylation sites (tertiary alicyclic amines) is 1. The number of imide groups is 1. The smallest absolute Gasteiger partial charge is 0.416 e. The molecular formula is C21H27NO5. The summed E-state index contributed by atoms with van der Waals surface area (Å²) in [5.41, 5.74) is 0.238. The number of hydrogen-bond acceptors (Lipinski definition) is 5. The van der Waals surface area contributed by atoms with Crippen molar-refractivity contribution in [1.29, 1.82) is 0 Å². The van der Waals surface area contributed by atoms with E-state index in [1.54, 1.807) is 0 Å². The molecule has 1 aliphatic heterocycles. The van der Waals surface area contributed by atoms with Crippen molar-refractivity contribution in [2.75, 3.05) is 13.7 Å². The first kappa shape index (κ1) is 19.4. The van der Waals surface area contributed by atoms with Crippen LogP contribution in [0.5, 0.6) is 0 Å². The number of hydrogen-bond donors (Lipinski definition) is 0. The molecule has 1 spiro atoms. The standard InChI is InChI=1S/C21H27NO5/c1-26-18(23)14-17-10-5-6-11-21(17)12-7-13-22(19(21)24)20(25)27-15-16-8-3-2-4-9-16/h2-4,8-9,17H,5-7,10-15H2,1H3. The summed E-state index contributed by atoms with van der Waals surface area (Å²) in [4.78, 5) is 39.0. The van der Waals surface area contributed by atoms with E-state index in [-0.39, 0.29) is 30.8 Å². The number of carbonyl (C=O) groups is 3. The van der Waals surface area contributed by atoms with Gasteiger partial charge in [-0.2, -0.15) is 0 Å². The Kier molecular flexibility index (Phi) is 6.14. The molecule has 2 fully saturated rings. The molecule has 0 aromatic heterocycles. The highest BCUT2D eigenvalue weighted by Crippen LogP contribution is 2.49. The monoisotopic (exact) mass is 373 g/mol. The van der Waals surface area contributed by atoms with E-state index in [2.05, 4.69) is 0 Å². The quantitative estimate of drug-likeness (QED) is 0.753. The van der Waals surface area contributed by atoms with Crippen molar-refractivity contribution in [2.24, 2.45) is 11.3 Å². The molecule has 1 aromatic carbocycles. The zero-order valence-corrected chi connectivity index (χ0v) is 15.8. The molecule has 3 rings (SSSR count). The van der Waals surface area contributed by atoms with Gasteiger partial charge in [0.2, 0.25) is 5.91 Å². The topological polar surface area (TPSA) is 72.9 Å². The van der Waals surface area contributed by atoms with Crippen molar-refractivity contribution >= 4 is 18.0 Å². The Morgan fingerprint density at radius 2 is 1.89 bits per heavy atom. The molecule has 2 amide bonds. The van der Waals surface area contributed by atoms with Crippen LogP contribution in [0.25, 0.3) is 0 Å². The van der Waals surface area contributed by atoms with Crippen molar-refractivity contribution in [1.82, 2.24) is 4.90 Å². The third-order valence-electron chi connectivity index (χ3n) is 5.95. The summed E-state index contributed by atoms with van der Waals surface area (Å²) < 4.78 is 10.2. The molecule has 1 heterocycles. The number of methoxy groups -OCH3 is 1. The third-order valence-corrected chi connectivity index (χ3v) is 5.95. The normalized spacial score (nSPS) is 25.3. The second-order valence-electron chi connectivity index (χ2n) is 7.48. The van der Waals surface area contributed by atoms with E-state index in [0.29, 0.717) is 6.54 Å². The molecular weight excluding hydrogens is 346 g/mol. The van der Waals surface area contributed by atoms with Crippen LogP contribution in [0.4, 0.5) is 4.79 Å². The third kappa shape index (κ3) is 4.15. The minimum absolute atomic E-state index is 0.0732. The van der Waals surface area contributed by atoms with Crippen LogP contribution in [-0.4, -0.2) is 36.5 Å². The number of rotatable bonds is 4. The Hall–Kier alpha value is -2.37. The van der Waals surface area contributed by atoms with Crippen LogP contribution in [-0.2, 0) is 25.7 Å². The molecule has 6 nitrogen and oxygen atoms in total. The first-order valence-electron chi connectivity index (χ1n) is 9.66. The molecule has 27 heavy (non-hydrogen) atoms. The minimum Gasteiger partial charge on any atom is -0.469 e. The van der Waals surface area contributed by atoms with Gasteiger partial charge in [-0.25, -0.2) is 9.69 Å². The highest BCUT2D eigenvalue weighted by molar-refractivity contribution is 5.96. The van der Waals surface area contributed by atoms with Crippen LogP contribution in [0.1, 0.15) is 50.5 Å². The van der Waals surface area contributed by atoms with E-state index in [4.69, 9.17) is 9.47 Å². The number of amides is 2. The summed E-state index contributed by atoms with van der Waals surface area (Å²) in [6.07, 6.45) is 4.56. The number of ether oxygens (including phenoxy) is 2. The molecule has 2 atom stereocenters. The molecule has 1 aromatic rings. The van der Waals surface area contributed by atoms with Gasteiger partial charge in [-0.3, -0.25) is 9.59 Å². The van der Waals surface area contributed by atoms with Gasteiger partial charge in [0.25, 0.3) is 0 Å². The molecule has 1 saturated heterocycles. The molecule has 1 aliphatic carbocycles. The van der Waals surface area contributed by atoms with E-state index in [9.17, 15) is 14.4 Å². The van der Waals surface area contributed by atoms with E-state index < -0.39 is 11.5 Å². The Morgan fingerprint density at radius 1 is 1.15 bits per heavy atom. The first-order chi connectivity index (χ1) is 13.1. The van der Waals surface area contributed by atoms with E-state index in [1.165, 1.54) is 12.0 Å². The zero-order chi connectivity index (χ0) is 19.3. The fraction of sp³-hybridized carbons (Fsp3) is 0.571. The highest BCUT2D eigenvalue weighted by Gasteiger charge is 2.52. The lowest BCUT2D eigenvalue weighted by molar-refractivity contribution is -0.155. The Balaban J connectivity index is 1.71. The van der Waals surface area contributed by atoms with E-state index in [1.807, 2.05) is 30.3 Å². The Morgan fingerprint density at radius 3 is 2.63 bits per heavy atom. The lowest BCUT2D eigenvalue weighted by Gasteiger charge is -2.47. The Labute approximate surface area is 159 Å². The van der Waals surface area contributed by atoms with Gasteiger partial charge in [-0.05, 0) is 37.2 Å². The fourth-order valence-electron chi connectivity index (χ4n) is 4.51. The van der Waals surface area contributed by atoms with E-state index in [0.717, 1.165) is 44.1 Å². The van der Waals surface area contributed by atoms with Gasteiger partial charge in [0.05, 0.1) is 12.5 Å². The van der Waals surface area contributed by atoms with E-state index >= 15 is 0 Å². The Bertz CT molecular complexity index is 685. The van der Waals surface area contributed by atoms with Gasteiger partial charge < -0.3 is 9.47 Å². The summed E-state index contributed by atoms with van der Waals surface area (Å²) in [5, 5.41) is 0. The number of nitrogens with zero attached hydrogens (tertiary/aromatic N) is 1. The molecule has 1 saturated carbocycles. The zero-order valence-electron chi connectivity index (χ0n) is 15.8. The predicted molar refractivity (Wildman–Crippen MR) is 98.6 cm³/mol. The SMILES string of the molecule is COC(=O)CC1CCCCC12CCCN(C(=O)OCc1ccccc1)C2=O. The molecule has 0 N–H and O–H groups in total. The molecule has 2 aliphatic rings. The van der Waals surface area contributed by atoms with Crippen LogP contribution in [0, 0.1) is 11.3 Å². The average Bonchev–Trinajstić information content (AvgIpc) is 2.70. The van der Waals surface area contributed by atoms with Gasteiger partial charge in [0.15, 0.2) is 0 Å². The van der Waals surface area contributed by atoms with Crippen LogP contribution < -0.4 is 0 Å². The average molecular weight is 373 g/mol. The summed E-state index contributed by atoms with van der Waals surface area (Å²) in [6.45, 7) is 0.515. The lowest BCUT2D eigenvalue weighted by atomic mass is 9.61. The molecule has 6 heteroatoms. The first-order valence-corrected chi connectivity index (χ1v) is 9.66. The van der Waals surface area contributed by atoms with Gasteiger partial charge >= 0.3 is 12.1 Å². The van der Waals surface area contributed by atoms with Crippen molar-refractivity contribution in [3.63, 3.8) is 0 Å². The summed E-state index contributed by atoms with van der Waals surface area (Å²) in [5.74, 6) is -0.547. The summed E-state index contributed by atoms with van der Waals surface area (Å²) >= 11 is 0. The van der Waals surface area contributed by atoms with Gasteiger partial charge in [-0.15, -0.1) is 0 Å².